The number of amides is 1. The van der Waals surface area contributed by atoms with Gasteiger partial charge in [0.25, 0.3) is 0 Å². The van der Waals surface area contributed by atoms with E-state index >= 15 is 0 Å². The molecule has 4 aromatic rings. The SMILES string of the molecule is Cn1cc(CN2CCC3(CC2)CN(c2ccccc2)C(=O)O3)c2c(-c3ccc(F)cc3)cccc21.O=C=O. The molecule has 6 rings (SSSR count). The zero-order chi connectivity index (χ0) is 26.7. The van der Waals surface area contributed by atoms with Crippen molar-refractivity contribution in [1.29, 1.82) is 0 Å². The number of piperidine rings is 1. The molecule has 38 heavy (non-hydrogen) atoms. The predicted molar refractivity (Wildman–Crippen MR) is 141 cm³/mol. The molecule has 2 saturated heterocycles. The Kier molecular flexibility index (Phi) is 7.09. The van der Waals surface area contributed by atoms with Crippen LogP contribution in [0.1, 0.15) is 18.4 Å². The molecule has 1 amide bonds. The van der Waals surface area contributed by atoms with Gasteiger partial charge < -0.3 is 9.30 Å². The van der Waals surface area contributed by atoms with Crippen LogP contribution in [0.3, 0.4) is 0 Å². The van der Waals surface area contributed by atoms with E-state index in [1.54, 1.807) is 4.90 Å². The molecule has 3 aromatic carbocycles. The van der Waals surface area contributed by atoms with Gasteiger partial charge in [-0.25, -0.2) is 9.18 Å². The smallest absolute Gasteiger partial charge is 0.415 e. The van der Waals surface area contributed by atoms with Crippen LogP contribution in [-0.2, 0) is 27.9 Å². The zero-order valence-corrected chi connectivity index (χ0v) is 21.1. The number of carbonyl (C=O) groups is 1. The number of carbonyl (C=O) groups excluding carboxylic acids is 3. The second-order valence-corrected chi connectivity index (χ2v) is 9.80. The number of fused-ring (bicyclic) bond motifs is 1. The van der Waals surface area contributed by atoms with Crippen molar-refractivity contribution in [1.82, 2.24) is 9.47 Å². The Bertz CT molecular complexity index is 1470. The Morgan fingerprint density at radius 3 is 2.32 bits per heavy atom. The molecular weight excluding hydrogens is 485 g/mol. The van der Waals surface area contributed by atoms with Crippen LogP contribution < -0.4 is 4.90 Å². The van der Waals surface area contributed by atoms with Gasteiger partial charge in [-0.3, -0.25) is 9.80 Å². The molecule has 194 valence electrons. The largest absolute Gasteiger partial charge is 0.441 e. The van der Waals surface area contributed by atoms with Gasteiger partial charge in [0.1, 0.15) is 11.4 Å². The van der Waals surface area contributed by atoms with Crippen molar-refractivity contribution in [3.63, 3.8) is 0 Å². The van der Waals surface area contributed by atoms with Crippen molar-refractivity contribution >= 4 is 28.8 Å². The lowest BCUT2D eigenvalue weighted by molar-refractivity contribution is -0.191. The standard InChI is InChI=1S/C29H28FN3O2.CO2/c1-31-18-22(27-25(8-5-9-26(27)31)21-10-12-23(30)13-11-21)19-32-16-14-29(15-17-32)20-33(28(34)35-29)24-6-3-2-4-7-24;2-1-3/h2-13,18H,14-17,19-20H2,1H3;. The molecule has 0 unspecified atom stereocenters. The lowest BCUT2D eigenvalue weighted by Gasteiger charge is -2.37. The summed E-state index contributed by atoms with van der Waals surface area (Å²) in [6.45, 7) is 3.16. The third-order valence-electron chi connectivity index (χ3n) is 7.45. The number of ether oxygens (including phenoxy) is 1. The van der Waals surface area contributed by atoms with Gasteiger partial charge in [-0.05, 0) is 47.0 Å². The predicted octanol–water partition coefficient (Wildman–Crippen LogP) is 5.39. The average Bonchev–Trinajstić information content (AvgIpc) is 3.43. The summed E-state index contributed by atoms with van der Waals surface area (Å²) in [5, 5.41) is 1.21. The molecule has 0 aliphatic carbocycles. The highest BCUT2D eigenvalue weighted by atomic mass is 19.1. The lowest BCUT2D eigenvalue weighted by atomic mass is 9.90. The van der Waals surface area contributed by atoms with Crippen LogP contribution in [0, 0.1) is 5.82 Å². The minimum absolute atomic E-state index is 0.227. The van der Waals surface area contributed by atoms with Crippen LogP contribution in [0.25, 0.3) is 22.0 Å². The Morgan fingerprint density at radius 2 is 1.63 bits per heavy atom. The van der Waals surface area contributed by atoms with Crippen molar-refractivity contribution in [2.24, 2.45) is 7.05 Å². The number of hydrogen-bond donors (Lipinski definition) is 0. The minimum atomic E-state index is -0.415. The van der Waals surface area contributed by atoms with Gasteiger partial charge >= 0.3 is 12.2 Å². The van der Waals surface area contributed by atoms with E-state index in [1.165, 1.54) is 28.6 Å². The van der Waals surface area contributed by atoms with E-state index in [2.05, 4.69) is 40.9 Å². The van der Waals surface area contributed by atoms with Gasteiger partial charge in [0.2, 0.25) is 0 Å². The fourth-order valence-electron chi connectivity index (χ4n) is 5.58. The highest BCUT2D eigenvalue weighted by molar-refractivity contribution is 5.98. The van der Waals surface area contributed by atoms with Crippen molar-refractivity contribution in [2.45, 2.75) is 25.0 Å². The molecule has 8 heteroatoms. The van der Waals surface area contributed by atoms with Crippen LogP contribution in [0.5, 0.6) is 0 Å². The molecule has 0 bridgehead atoms. The number of hydrogen-bond acceptors (Lipinski definition) is 5. The molecule has 2 fully saturated rings. The Hall–Kier alpha value is -4.26. The van der Waals surface area contributed by atoms with E-state index in [0.29, 0.717) is 6.54 Å². The molecule has 0 saturated carbocycles. The summed E-state index contributed by atoms with van der Waals surface area (Å²) >= 11 is 0. The summed E-state index contributed by atoms with van der Waals surface area (Å²) in [5.74, 6) is -0.227. The summed E-state index contributed by atoms with van der Waals surface area (Å²) in [5.41, 5.74) is 5.03. The van der Waals surface area contributed by atoms with Crippen LogP contribution >= 0.6 is 0 Å². The van der Waals surface area contributed by atoms with E-state index in [4.69, 9.17) is 14.3 Å². The fraction of sp³-hybridized carbons (Fsp3) is 0.267. The Morgan fingerprint density at radius 1 is 0.947 bits per heavy atom. The van der Waals surface area contributed by atoms with E-state index in [-0.39, 0.29) is 18.1 Å². The number of benzene rings is 3. The first kappa shape index (κ1) is 25.4. The van der Waals surface area contributed by atoms with Gasteiger partial charge in [0.15, 0.2) is 0 Å². The summed E-state index contributed by atoms with van der Waals surface area (Å²) in [4.78, 5) is 33.1. The Labute approximate surface area is 220 Å². The number of para-hydroxylation sites is 1. The van der Waals surface area contributed by atoms with Crippen molar-refractivity contribution < 1.29 is 23.5 Å². The van der Waals surface area contributed by atoms with Crippen LogP contribution in [0.15, 0.2) is 79.0 Å². The van der Waals surface area contributed by atoms with Gasteiger partial charge in [0.05, 0.1) is 6.54 Å². The molecule has 7 nitrogen and oxygen atoms in total. The van der Waals surface area contributed by atoms with Crippen LogP contribution in [0.4, 0.5) is 14.9 Å². The second-order valence-electron chi connectivity index (χ2n) is 9.80. The third-order valence-corrected chi connectivity index (χ3v) is 7.45. The van der Waals surface area contributed by atoms with Crippen molar-refractivity contribution in [2.75, 3.05) is 24.5 Å². The van der Waals surface area contributed by atoms with E-state index < -0.39 is 5.60 Å². The quantitative estimate of drug-likeness (QED) is 0.366. The van der Waals surface area contributed by atoms with Gasteiger partial charge in [0, 0.05) is 62.3 Å². The van der Waals surface area contributed by atoms with E-state index in [9.17, 15) is 9.18 Å². The van der Waals surface area contributed by atoms with Gasteiger partial charge in [-0.2, -0.15) is 9.59 Å². The molecule has 3 heterocycles. The van der Waals surface area contributed by atoms with Crippen LogP contribution in [0.2, 0.25) is 0 Å². The maximum atomic E-state index is 13.5. The van der Waals surface area contributed by atoms with Gasteiger partial charge in [-0.15, -0.1) is 0 Å². The summed E-state index contributed by atoms with van der Waals surface area (Å²) in [7, 11) is 2.07. The number of aryl methyl sites for hydroxylation is 1. The zero-order valence-electron chi connectivity index (χ0n) is 21.1. The molecule has 0 N–H and O–H groups in total. The number of halogens is 1. The monoisotopic (exact) mass is 513 g/mol. The Balaban J connectivity index is 0.000000937. The summed E-state index contributed by atoms with van der Waals surface area (Å²) in [6.07, 6.45) is 3.84. The number of likely N-dealkylation sites (tertiary alicyclic amines) is 1. The molecular formula is C30H28FN3O4. The maximum absolute atomic E-state index is 13.5. The van der Waals surface area contributed by atoms with Gasteiger partial charge in [-0.1, -0.05) is 42.5 Å². The summed E-state index contributed by atoms with van der Waals surface area (Å²) in [6, 6.07) is 22.8. The minimum Gasteiger partial charge on any atom is -0.441 e. The maximum Gasteiger partial charge on any atom is 0.415 e. The first-order valence-electron chi connectivity index (χ1n) is 12.5. The molecule has 2 aliphatic heterocycles. The highest BCUT2D eigenvalue weighted by Gasteiger charge is 2.47. The number of rotatable bonds is 4. The normalized spacial score (nSPS) is 16.7. The number of anilines is 1. The highest BCUT2D eigenvalue weighted by Crippen LogP contribution is 2.37. The van der Waals surface area contributed by atoms with Crippen molar-refractivity contribution in [3.8, 4) is 11.1 Å². The molecule has 1 aromatic heterocycles. The molecule has 2 aliphatic rings. The number of nitrogens with zero attached hydrogens (tertiary/aromatic N) is 3. The van der Waals surface area contributed by atoms with E-state index in [1.807, 2.05) is 42.5 Å². The second kappa shape index (κ2) is 10.6. The molecule has 0 radical (unpaired) electrons. The third kappa shape index (κ3) is 4.96. The summed E-state index contributed by atoms with van der Waals surface area (Å²) < 4.78 is 21.6. The first-order valence-corrected chi connectivity index (χ1v) is 12.5. The van der Waals surface area contributed by atoms with Crippen LogP contribution in [-0.4, -0.2) is 46.9 Å². The number of aromatic nitrogens is 1. The average molecular weight is 514 g/mol. The molecule has 1 spiro atoms. The van der Waals surface area contributed by atoms with E-state index in [0.717, 1.165) is 49.3 Å². The first-order chi connectivity index (χ1) is 18.4. The van der Waals surface area contributed by atoms with Crippen molar-refractivity contribution in [3.05, 3.63) is 90.4 Å². The molecule has 0 atom stereocenters. The fourth-order valence-corrected chi connectivity index (χ4v) is 5.58. The topological polar surface area (TPSA) is 71.8 Å². The lowest BCUT2D eigenvalue weighted by Crippen LogP contribution is -2.46.